The molecule has 0 saturated carbocycles. The fourth-order valence-corrected chi connectivity index (χ4v) is 2.04. The van der Waals surface area contributed by atoms with Crippen molar-refractivity contribution in [2.75, 3.05) is 6.54 Å². The van der Waals surface area contributed by atoms with E-state index in [1.165, 1.54) is 18.2 Å². The molecule has 0 radical (unpaired) electrons. The summed E-state index contributed by atoms with van der Waals surface area (Å²) in [6, 6.07) is 5.21. The number of halogens is 3. The van der Waals surface area contributed by atoms with E-state index in [2.05, 4.69) is 0 Å². The summed E-state index contributed by atoms with van der Waals surface area (Å²) in [7, 11) is 0. The van der Waals surface area contributed by atoms with E-state index in [4.69, 9.17) is 10.8 Å². The Kier molecular flexibility index (Phi) is 4.94. The molecule has 1 rings (SSSR count). The highest BCUT2D eigenvalue weighted by Gasteiger charge is 2.34. The van der Waals surface area contributed by atoms with Gasteiger partial charge < -0.3 is 10.8 Å². The number of hydrogen-bond donors (Lipinski definition) is 2. The Morgan fingerprint density at radius 2 is 1.95 bits per heavy atom. The van der Waals surface area contributed by atoms with Crippen LogP contribution in [0, 0.1) is 5.92 Å². The van der Waals surface area contributed by atoms with E-state index in [9.17, 15) is 18.0 Å². The summed E-state index contributed by atoms with van der Waals surface area (Å²) >= 11 is 0. The van der Waals surface area contributed by atoms with E-state index >= 15 is 0 Å². The fraction of sp³-hybridized carbons (Fsp3) is 0.462. The first-order chi connectivity index (χ1) is 8.77. The molecule has 2 unspecified atom stereocenters. The average molecular weight is 275 g/mol. The molecular formula is C13H16F3NO2. The number of carboxylic acids is 1. The van der Waals surface area contributed by atoms with Crippen LogP contribution in [0.4, 0.5) is 13.2 Å². The van der Waals surface area contributed by atoms with Crippen LogP contribution >= 0.6 is 0 Å². The van der Waals surface area contributed by atoms with Crippen LogP contribution in [0.25, 0.3) is 0 Å². The smallest absolute Gasteiger partial charge is 0.416 e. The minimum absolute atomic E-state index is 0.0823. The van der Waals surface area contributed by atoms with Gasteiger partial charge in [0.05, 0.1) is 11.5 Å². The first-order valence-corrected chi connectivity index (χ1v) is 5.86. The number of aliphatic carboxylic acids is 1. The van der Waals surface area contributed by atoms with Crippen molar-refractivity contribution in [2.45, 2.75) is 25.4 Å². The zero-order chi connectivity index (χ0) is 14.6. The molecule has 0 aliphatic heterocycles. The van der Waals surface area contributed by atoms with Gasteiger partial charge in [-0.15, -0.1) is 0 Å². The number of benzene rings is 1. The van der Waals surface area contributed by atoms with Gasteiger partial charge in [0, 0.05) is 6.54 Å². The van der Waals surface area contributed by atoms with Crippen molar-refractivity contribution in [2.24, 2.45) is 11.7 Å². The highest BCUT2D eigenvalue weighted by molar-refractivity contribution is 5.70. The number of carboxylic acid groups (broad SMARTS) is 1. The normalized spacial score (nSPS) is 15.0. The molecule has 0 heterocycles. The van der Waals surface area contributed by atoms with Crippen LogP contribution in [-0.4, -0.2) is 17.6 Å². The third-order valence-corrected chi connectivity index (χ3v) is 3.07. The summed E-state index contributed by atoms with van der Waals surface area (Å²) in [6.07, 6.45) is -4.36. The van der Waals surface area contributed by atoms with Crippen LogP contribution < -0.4 is 5.73 Å². The second kappa shape index (κ2) is 6.06. The van der Waals surface area contributed by atoms with Crippen molar-refractivity contribution in [3.8, 4) is 0 Å². The zero-order valence-electron chi connectivity index (χ0n) is 10.4. The quantitative estimate of drug-likeness (QED) is 0.868. The first-order valence-electron chi connectivity index (χ1n) is 5.86. The lowest BCUT2D eigenvalue weighted by molar-refractivity contribution is -0.141. The monoisotopic (exact) mass is 275 g/mol. The van der Waals surface area contributed by atoms with Crippen LogP contribution in [0.2, 0.25) is 0 Å². The third-order valence-electron chi connectivity index (χ3n) is 3.07. The fourth-order valence-electron chi connectivity index (χ4n) is 2.04. The molecule has 0 aromatic heterocycles. The Balaban J connectivity index is 3.00. The summed E-state index contributed by atoms with van der Waals surface area (Å²) in [4.78, 5) is 10.9. The molecule has 1 aromatic carbocycles. The predicted octanol–water partition coefficient (Wildman–Crippen LogP) is 2.86. The van der Waals surface area contributed by atoms with Crippen molar-refractivity contribution in [1.29, 1.82) is 0 Å². The van der Waals surface area contributed by atoms with Crippen molar-refractivity contribution < 1.29 is 23.1 Å². The lowest BCUT2D eigenvalue weighted by Crippen LogP contribution is -2.25. The Labute approximate surface area is 109 Å². The van der Waals surface area contributed by atoms with Gasteiger partial charge in [-0.05, 0) is 24.0 Å². The molecule has 0 saturated heterocycles. The van der Waals surface area contributed by atoms with Crippen LogP contribution in [0.15, 0.2) is 24.3 Å². The van der Waals surface area contributed by atoms with E-state index in [-0.39, 0.29) is 18.5 Å². The van der Waals surface area contributed by atoms with Gasteiger partial charge in [0.1, 0.15) is 0 Å². The number of rotatable bonds is 5. The van der Waals surface area contributed by atoms with Gasteiger partial charge in [-0.1, -0.05) is 25.1 Å². The Hall–Kier alpha value is -1.56. The molecule has 2 atom stereocenters. The lowest BCUT2D eigenvalue weighted by atomic mass is 9.87. The maximum atomic E-state index is 12.8. The van der Waals surface area contributed by atoms with E-state index in [0.29, 0.717) is 0 Å². The highest BCUT2D eigenvalue weighted by atomic mass is 19.4. The second-order valence-corrected chi connectivity index (χ2v) is 4.49. The number of alkyl halides is 3. The first kappa shape index (κ1) is 15.5. The minimum Gasteiger partial charge on any atom is -0.481 e. The molecule has 0 aliphatic carbocycles. The molecule has 0 amide bonds. The van der Waals surface area contributed by atoms with Crippen LogP contribution in [0.3, 0.4) is 0 Å². The standard InChI is InChI=1S/C13H16F3NO2/c1-8(6-9(7-17)12(18)19)10-4-2-3-5-11(10)13(14,15)16/h2-5,8-9H,6-7,17H2,1H3,(H,18,19). The minimum atomic E-state index is -4.44. The molecule has 3 nitrogen and oxygen atoms in total. The average Bonchev–Trinajstić information content (AvgIpc) is 2.34. The number of hydrogen-bond acceptors (Lipinski definition) is 2. The van der Waals surface area contributed by atoms with Crippen molar-refractivity contribution in [3.05, 3.63) is 35.4 Å². The maximum absolute atomic E-state index is 12.8. The molecule has 1 aromatic rings. The highest BCUT2D eigenvalue weighted by Crippen LogP contribution is 2.36. The zero-order valence-corrected chi connectivity index (χ0v) is 10.4. The predicted molar refractivity (Wildman–Crippen MR) is 64.7 cm³/mol. The second-order valence-electron chi connectivity index (χ2n) is 4.49. The van der Waals surface area contributed by atoms with Crippen LogP contribution in [0.1, 0.15) is 30.4 Å². The van der Waals surface area contributed by atoms with Gasteiger partial charge in [0.2, 0.25) is 0 Å². The van der Waals surface area contributed by atoms with Gasteiger partial charge in [-0.25, -0.2) is 0 Å². The SMILES string of the molecule is CC(CC(CN)C(=O)O)c1ccccc1C(F)(F)F. The molecule has 0 aliphatic rings. The van der Waals surface area contributed by atoms with Gasteiger partial charge >= 0.3 is 12.1 Å². The Morgan fingerprint density at radius 3 is 2.42 bits per heavy atom. The van der Waals surface area contributed by atoms with Gasteiger partial charge in [-0.2, -0.15) is 13.2 Å². The summed E-state index contributed by atoms with van der Waals surface area (Å²) in [5.74, 6) is -2.45. The van der Waals surface area contributed by atoms with Crippen molar-refractivity contribution >= 4 is 5.97 Å². The third kappa shape index (κ3) is 3.96. The molecule has 0 bridgehead atoms. The summed E-state index contributed by atoms with van der Waals surface area (Å²) in [6.45, 7) is 1.49. The van der Waals surface area contributed by atoms with Crippen LogP contribution in [-0.2, 0) is 11.0 Å². The summed E-state index contributed by atoms with van der Waals surface area (Å²) in [5, 5.41) is 8.90. The van der Waals surface area contributed by atoms with Gasteiger partial charge in [0.25, 0.3) is 0 Å². The Bertz CT molecular complexity index is 446. The van der Waals surface area contributed by atoms with E-state index < -0.39 is 29.5 Å². The molecule has 6 heteroatoms. The molecular weight excluding hydrogens is 259 g/mol. The molecule has 0 spiro atoms. The Morgan fingerprint density at radius 1 is 1.37 bits per heavy atom. The van der Waals surface area contributed by atoms with Crippen molar-refractivity contribution in [1.82, 2.24) is 0 Å². The van der Waals surface area contributed by atoms with E-state index in [1.807, 2.05) is 0 Å². The molecule has 0 fully saturated rings. The van der Waals surface area contributed by atoms with Crippen molar-refractivity contribution in [3.63, 3.8) is 0 Å². The van der Waals surface area contributed by atoms with E-state index in [0.717, 1.165) is 6.07 Å². The summed E-state index contributed by atoms with van der Waals surface area (Å²) in [5.41, 5.74) is 4.71. The van der Waals surface area contributed by atoms with E-state index in [1.54, 1.807) is 6.92 Å². The topological polar surface area (TPSA) is 63.3 Å². The number of carbonyl (C=O) groups is 1. The largest absolute Gasteiger partial charge is 0.481 e. The van der Waals surface area contributed by atoms with Gasteiger partial charge in [0.15, 0.2) is 0 Å². The molecule has 19 heavy (non-hydrogen) atoms. The molecule has 106 valence electrons. The molecule has 3 N–H and O–H groups in total. The summed E-state index contributed by atoms with van der Waals surface area (Å²) < 4.78 is 38.5. The van der Waals surface area contributed by atoms with Gasteiger partial charge in [-0.3, -0.25) is 4.79 Å². The lowest BCUT2D eigenvalue weighted by Gasteiger charge is -2.20. The van der Waals surface area contributed by atoms with Crippen LogP contribution in [0.5, 0.6) is 0 Å². The maximum Gasteiger partial charge on any atom is 0.416 e. The number of nitrogens with two attached hydrogens (primary N) is 1.